The molecular formula is C12H17N3O2. The first-order valence-electron chi connectivity index (χ1n) is 6.17. The second-order valence-electron chi connectivity index (χ2n) is 5.14. The lowest BCUT2D eigenvalue weighted by atomic mass is 9.70. The van der Waals surface area contributed by atoms with Gasteiger partial charge in [0.1, 0.15) is 5.82 Å². The number of nitrogens with one attached hydrogen (secondary N) is 1. The van der Waals surface area contributed by atoms with E-state index in [0.29, 0.717) is 18.0 Å². The predicted molar refractivity (Wildman–Crippen MR) is 62.6 cm³/mol. The average molecular weight is 235 g/mol. The standard InChI is InChI=1S/C12H17N3O2/c13-11-9(7-14-15-11)10(16)8-2-5-17-12(6-8)3-1-4-12/h7-8H,1-6H2,(H3,13,14,15). The number of carbonyl (C=O) groups is 1. The van der Waals surface area contributed by atoms with E-state index in [2.05, 4.69) is 10.2 Å². The van der Waals surface area contributed by atoms with Crippen LogP contribution in [0.15, 0.2) is 6.20 Å². The van der Waals surface area contributed by atoms with E-state index in [4.69, 9.17) is 10.5 Å². The van der Waals surface area contributed by atoms with Crippen molar-refractivity contribution in [3.63, 3.8) is 0 Å². The second kappa shape index (κ2) is 3.84. The minimum Gasteiger partial charge on any atom is -0.383 e. The Hall–Kier alpha value is -1.36. The van der Waals surface area contributed by atoms with Crippen molar-refractivity contribution >= 4 is 11.6 Å². The van der Waals surface area contributed by atoms with Crippen molar-refractivity contribution in [2.24, 2.45) is 5.92 Å². The summed E-state index contributed by atoms with van der Waals surface area (Å²) in [6, 6.07) is 0. The number of hydrogen-bond acceptors (Lipinski definition) is 4. The van der Waals surface area contributed by atoms with Crippen LogP contribution < -0.4 is 5.73 Å². The molecule has 1 atom stereocenters. The molecule has 17 heavy (non-hydrogen) atoms. The molecule has 2 heterocycles. The van der Waals surface area contributed by atoms with Gasteiger partial charge in [-0.05, 0) is 32.1 Å². The molecular weight excluding hydrogens is 218 g/mol. The zero-order valence-corrected chi connectivity index (χ0v) is 9.74. The van der Waals surface area contributed by atoms with Crippen molar-refractivity contribution in [1.82, 2.24) is 10.2 Å². The molecule has 5 heteroatoms. The van der Waals surface area contributed by atoms with Gasteiger partial charge >= 0.3 is 0 Å². The molecule has 0 amide bonds. The van der Waals surface area contributed by atoms with Gasteiger partial charge in [0.15, 0.2) is 5.78 Å². The molecule has 0 bridgehead atoms. The highest BCUT2D eigenvalue weighted by molar-refractivity contribution is 6.01. The Morgan fingerprint density at radius 3 is 3.00 bits per heavy atom. The first-order valence-corrected chi connectivity index (χ1v) is 6.17. The molecule has 0 radical (unpaired) electrons. The molecule has 1 aromatic rings. The fourth-order valence-corrected chi connectivity index (χ4v) is 2.88. The van der Waals surface area contributed by atoms with Crippen LogP contribution in [0.5, 0.6) is 0 Å². The van der Waals surface area contributed by atoms with Gasteiger partial charge in [0.2, 0.25) is 0 Å². The highest BCUT2D eigenvalue weighted by Crippen LogP contribution is 2.44. The number of ketones is 1. The van der Waals surface area contributed by atoms with E-state index in [1.165, 1.54) is 12.6 Å². The number of carbonyl (C=O) groups excluding carboxylic acids is 1. The molecule has 3 N–H and O–H groups in total. The smallest absolute Gasteiger partial charge is 0.171 e. The molecule has 1 aromatic heterocycles. The number of ether oxygens (including phenoxy) is 1. The topological polar surface area (TPSA) is 81.0 Å². The van der Waals surface area contributed by atoms with Gasteiger partial charge in [-0.3, -0.25) is 9.89 Å². The number of nitrogen functional groups attached to an aromatic ring is 1. The highest BCUT2D eigenvalue weighted by Gasteiger charge is 2.44. The molecule has 5 nitrogen and oxygen atoms in total. The van der Waals surface area contributed by atoms with Crippen molar-refractivity contribution in [2.45, 2.75) is 37.7 Å². The molecule has 1 saturated heterocycles. The third kappa shape index (κ3) is 1.74. The summed E-state index contributed by atoms with van der Waals surface area (Å²) >= 11 is 0. The van der Waals surface area contributed by atoms with E-state index in [-0.39, 0.29) is 17.3 Å². The van der Waals surface area contributed by atoms with Gasteiger partial charge in [-0.1, -0.05) is 0 Å². The maximum absolute atomic E-state index is 12.3. The van der Waals surface area contributed by atoms with E-state index in [1.54, 1.807) is 0 Å². The maximum Gasteiger partial charge on any atom is 0.171 e. The number of aromatic nitrogens is 2. The third-order valence-electron chi connectivity index (χ3n) is 4.06. The third-order valence-corrected chi connectivity index (χ3v) is 4.06. The largest absolute Gasteiger partial charge is 0.383 e. The van der Waals surface area contributed by atoms with Gasteiger partial charge in [0.25, 0.3) is 0 Å². The number of rotatable bonds is 2. The number of aromatic amines is 1. The zero-order valence-electron chi connectivity index (χ0n) is 9.74. The van der Waals surface area contributed by atoms with Crippen LogP contribution in [0, 0.1) is 5.92 Å². The first kappa shape index (κ1) is 10.8. The van der Waals surface area contributed by atoms with Gasteiger partial charge in [-0.2, -0.15) is 5.10 Å². The Bertz CT molecular complexity index is 437. The van der Waals surface area contributed by atoms with Crippen molar-refractivity contribution in [1.29, 1.82) is 0 Å². The van der Waals surface area contributed by atoms with Crippen LogP contribution in [0.4, 0.5) is 5.82 Å². The summed E-state index contributed by atoms with van der Waals surface area (Å²) < 4.78 is 5.82. The van der Waals surface area contributed by atoms with Crippen molar-refractivity contribution in [3.05, 3.63) is 11.8 Å². The fraction of sp³-hybridized carbons (Fsp3) is 0.667. The van der Waals surface area contributed by atoms with E-state index in [0.717, 1.165) is 25.7 Å². The Labute approximate surface area is 99.7 Å². The number of nitrogens with two attached hydrogens (primary N) is 1. The molecule has 3 rings (SSSR count). The van der Waals surface area contributed by atoms with E-state index < -0.39 is 0 Å². The summed E-state index contributed by atoms with van der Waals surface area (Å²) in [6.45, 7) is 0.689. The van der Waals surface area contributed by atoms with Crippen LogP contribution in [0.2, 0.25) is 0 Å². The van der Waals surface area contributed by atoms with Crippen LogP contribution in [0.25, 0.3) is 0 Å². The van der Waals surface area contributed by atoms with Gasteiger partial charge in [-0.15, -0.1) is 0 Å². The SMILES string of the molecule is Nc1[nH]ncc1C(=O)C1CCOC2(CCC2)C1. The molecule has 1 aliphatic carbocycles. The van der Waals surface area contributed by atoms with Gasteiger partial charge in [0, 0.05) is 12.5 Å². The molecule has 2 aliphatic rings. The van der Waals surface area contributed by atoms with Gasteiger partial charge in [0.05, 0.1) is 17.4 Å². The van der Waals surface area contributed by atoms with E-state index >= 15 is 0 Å². The lowest BCUT2D eigenvalue weighted by Gasteiger charge is -2.46. The number of nitrogens with zero attached hydrogens (tertiary/aromatic N) is 1. The summed E-state index contributed by atoms with van der Waals surface area (Å²) in [5.74, 6) is 0.541. The fourth-order valence-electron chi connectivity index (χ4n) is 2.88. The predicted octanol–water partition coefficient (Wildman–Crippen LogP) is 1.52. The van der Waals surface area contributed by atoms with Crippen molar-refractivity contribution < 1.29 is 9.53 Å². The summed E-state index contributed by atoms with van der Waals surface area (Å²) in [4.78, 5) is 12.3. The number of anilines is 1. The number of hydrogen-bond donors (Lipinski definition) is 2. The molecule has 1 aliphatic heterocycles. The van der Waals surface area contributed by atoms with Crippen LogP contribution >= 0.6 is 0 Å². The Morgan fingerprint density at radius 2 is 2.41 bits per heavy atom. The van der Waals surface area contributed by atoms with Crippen LogP contribution in [0.1, 0.15) is 42.5 Å². The zero-order chi connectivity index (χ0) is 11.9. The van der Waals surface area contributed by atoms with E-state index in [9.17, 15) is 4.79 Å². The lowest BCUT2D eigenvalue weighted by Crippen LogP contribution is -2.47. The summed E-state index contributed by atoms with van der Waals surface area (Å²) in [6.07, 6.45) is 6.58. The van der Waals surface area contributed by atoms with Crippen LogP contribution in [-0.4, -0.2) is 28.2 Å². The number of Topliss-reactive ketones (excluding diaryl/α,β-unsaturated/α-hetero) is 1. The molecule has 2 fully saturated rings. The van der Waals surface area contributed by atoms with Crippen LogP contribution in [-0.2, 0) is 4.74 Å². The van der Waals surface area contributed by atoms with Crippen molar-refractivity contribution in [3.8, 4) is 0 Å². The minimum atomic E-state index is -0.00290. The van der Waals surface area contributed by atoms with Crippen LogP contribution in [0.3, 0.4) is 0 Å². The Balaban J connectivity index is 1.76. The minimum absolute atomic E-state index is 0.00290. The number of H-pyrrole nitrogens is 1. The van der Waals surface area contributed by atoms with Gasteiger partial charge < -0.3 is 10.5 Å². The molecule has 1 spiro atoms. The highest BCUT2D eigenvalue weighted by atomic mass is 16.5. The Kier molecular flexibility index (Phi) is 2.43. The van der Waals surface area contributed by atoms with E-state index in [1.807, 2.05) is 0 Å². The normalized spacial score (nSPS) is 26.7. The monoisotopic (exact) mass is 235 g/mol. The summed E-state index contributed by atoms with van der Waals surface area (Å²) in [5, 5.41) is 6.42. The maximum atomic E-state index is 12.3. The second-order valence-corrected chi connectivity index (χ2v) is 5.14. The average Bonchev–Trinajstić information content (AvgIpc) is 2.73. The molecule has 0 aromatic carbocycles. The van der Waals surface area contributed by atoms with Gasteiger partial charge in [-0.25, -0.2) is 0 Å². The first-order chi connectivity index (χ1) is 8.20. The molecule has 1 unspecified atom stereocenters. The summed E-state index contributed by atoms with van der Waals surface area (Å²) in [5.41, 5.74) is 6.22. The van der Waals surface area contributed by atoms with Crippen molar-refractivity contribution in [2.75, 3.05) is 12.3 Å². The Morgan fingerprint density at radius 1 is 1.59 bits per heavy atom. The summed E-state index contributed by atoms with van der Waals surface area (Å²) in [7, 11) is 0. The lowest BCUT2D eigenvalue weighted by molar-refractivity contribution is -0.137. The quantitative estimate of drug-likeness (QED) is 0.761. The molecule has 1 saturated carbocycles. The molecule has 92 valence electrons.